The second-order valence-electron chi connectivity index (χ2n) is 8.54. The van der Waals surface area contributed by atoms with E-state index in [-0.39, 0.29) is 19.3 Å². The van der Waals surface area contributed by atoms with Crippen LogP contribution in [0.3, 0.4) is 0 Å². The van der Waals surface area contributed by atoms with Gasteiger partial charge in [0.1, 0.15) is 0 Å². The molecule has 0 rings (SSSR count). The van der Waals surface area contributed by atoms with E-state index in [9.17, 15) is 14.4 Å². The number of carbonyl (C=O) groups is 3. The molecule has 0 aliphatic rings. The predicted molar refractivity (Wildman–Crippen MR) is 122 cm³/mol. The zero-order valence-electron chi connectivity index (χ0n) is 19.4. The van der Waals surface area contributed by atoms with Crippen LogP contribution in [-0.4, -0.2) is 63.9 Å². The van der Waals surface area contributed by atoms with E-state index in [1.165, 1.54) is 12.8 Å². The van der Waals surface area contributed by atoms with Gasteiger partial charge in [-0.25, -0.2) is 0 Å². The van der Waals surface area contributed by atoms with E-state index in [0.717, 1.165) is 69.2 Å². The molecule has 7 heteroatoms. The Balaban J connectivity index is 4.94. The van der Waals surface area contributed by atoms with Gasteiger partial charge in [0, 0.05) is 25.7 Å². The van der Waals surface area contributed by atoms with Crippen molar-refractivity contribution < 1.29 is 34.2 Å². The Morgan fingerprint density at radius 1 is 0.581 bits per heavy atom. The Kier molecular flexibility index (Phi) is 17.7. The average Bonchev–Trinajstić information content (AvgIpc) is 2.70. The van der Waals surface area contributed by atoms with Crippen LogP contribution in [0.5, 0.6) is 0 Å². The van der Waals surface area contributed by atoms with Crippen molar-refractivity contribution in [2.45, 2.75) is 96.8 Å². The van der Waals surface area contributed by atoms with Gasteiger partial charge in [-0.2, -0.15) is 0 Å². The zero-order valence-corrected chi connectivity index (χ0v) is 19.4. The molecule has 0 heterocycles. The summed E-state index contributed by atoms with van der Waals surface area (Å²) in [6.07, 6.45) is 14.9. The lowest BCUT2D eigenvalue weighted by atomic mass is 10.1. The minimum absolute atomic E-state index is 0.165. The monoisotopic (exact) mass is 442 g/mol. The van der Waals surface area contributed by atoms with Crippen LogP contribution < -0.4 is 0 Å². The van der Waals surface area contributed by atoms with Crippen molar-refractivity contribution in [3.63, 3.8) is 0 Å². The lowest BCUT2D eigenvalue weighted by Gasteiger charge is -2.39. The summed E-state index contributed by atoms with van der Waals surface area (Å²) in [4.78, 5) is 32.6. The van der Waals surface area contributed by atoms with Gasteiger partial charge < -0.3 is 19.8 Å². The van der Waals surface area contributed by atoms with Gasteiger partial charge in [0.2, 0.25) is 0 Å². The fraction of sp³-hybridized carbons (Fsp3) is 0.792. The Bertz CT molecular complexity index is 477. The van der Waals surface area contributed by atoms with E-state index >= 15 is 0 Å². The van der Waals surface area contributed by atoms with Crippen LogP contribution in [0.15, 0.2) is 12.2 Å². The molecule has 0 bridgehead atoms. The molecule has 0 aromatic heterocycles. The summed E-state index contributed by atoms with van der Waals surface area (Å²) in [5.41, 5.74) is 0. The van der Waals surface area contributed by atoms with E-state index in [4.69, 9.17) is 15.3 Å². The molecule has 0 aromatic rings. The SMILES string of the molecule is CCCC/C=C/CCC[N+](CCCCC(=O)O)(CCCCC(=O)O)CCCCC(=O)O. The maximum Gasteiger partial charge on any atom is 0.303 e. The average molecular weight is 443 g/mol. The van der Waals surface area contributed by atoms with Crippen LogP contribution in [-0.2, 0) is 14.4 Å². The third kappa shape index (κ3) is 18.6. The molecule has 0 amide bonds. The van der Waals surface area contributed by atoms with Crippen molar-refractivity contribution in [3.05, 3.63) is 12.2 Å². The molecule has 0 spiro atoms. The lowest BCUT2D eigenvalue weighted by Crippen LogP contribution is -2.50. The number of hydrogen-bond donors (Lipinski definition) is 3. The summed E-state index contributed by atoms with van der Waals surface area (Å²) >= 11 is 0. The van der Waals surface area contributed by atoms with Crippen molar-refractivity contribution >= 4 is 17.9 Å². The van der Waals surface area contributed by atoms with Gasteiger partial charge in [-0.05, 0) is 51.4 Å². The van der Waals surface area contributed by atoms with Gasteiger partial charge in [-0.3, -0.25) is 14.4 Å². The number of hydrogen-bond acceptors (Lipinski definition) is 3. The Labute approximate surface area is 187 Å². The van der Waals surface area contributed by atoms with Crippen molar-refractivity contribution in [2.75, 3.05) is 26.2 Å². The van der Waals surface area contributed by atoms with Crippen molar-refractivity contribution in [2.24, 2.45) is 0 Å². The van der Waals surface area contributed by atoms with E-state index in [0.29, 0.717) is 19.3 Å². The fourth-order valence-electron chi connectivity index (χ4n) is 3.94. The van der Waals surface area contributed by atoms with Crippen LogP contribution in [0.2, 0.25) is 0 Å². The summed E-state index contributed by atoms with van der Waals surface area (Å²) in [5.74, 6) is -2.34. The molecule has 0 unspecified atom stereocenters. The molecule has 0 aliphatic carbocycles. The number of quaternary nitrogens is 1. The number of aliphatic carboxylic acids is 3. The quantitative estimate of drug-likeness (QED) is 0.122. The molecule has 31 heavy (non-hydrogen) atoms. The summed E-state index contributed by atoms with van der Waals surface area (Å²) in [5, 5.41) is 26.8. The number of nitrogens with zero attached hydrogens (tertiary/aromatic N) is 1. The van der Waals surface area contributed by atoms with Gasteiger partial charge in [0.25, 0.3) is 0 Å². The van der Waals surface area contributed by atoms with Crippen LogP contribution >= 0.6 is 0 Å². The van der Waals surface area contributed by atoms with Gasteiger partial charge in [0.05, 0.1) is 26.2 Å². The molecule has 0 radical (unpaired) electrons. The molecule has 0 saturated carbocycles. The lowest BCUT2D eigenvalue weighted by molar-refractivity contribution is -0.929. The summed E-state index contributed by atoms with van der Waals surface area (Å²) in [6, 6.07) is 0. The van der Waals surface area contributed by atoms with E-state index in [1.807, 2.05) is 0 Å². The highest BCUT2D eigenvalue weighted by Crippen LogP contribution is 2.18. The van der Waals surface area contributed by atoms with E-state index < -0.39 is 17.9 Å². The molecule has 0 aromatic carbocycles. The molecule has 7 nitrogen and oxygen atoms in total. The van der Waals surface area contributed by atoms with Crippen molar-refractivity contribution in [1.82, 2.24) is 0 Å². The van der Waals surface area contributed by atoms with Crippen LogP contribution in [0.4, 0.5) is 0 Å². The molecule has 0 saturated heterocycles. The molecule has 180 valence electrons. The molecular weight excluding hydrogens is 398 g/mol. The Hall–Kier alpha value is -1.89. The van der Waals surface area contributed by atoms with E-state index in [2.05, 4.69) is 19.1 Å². The minimum atomic E-state index is -0.779. The predicted octanol–water partition coefficient (Wildman–Crippen LogP) is 5.09. The highest BCUT2D eigenvalue weighted by molar-refractivity contribution is 5.67. The Morgan fingerprint density at radius 2 is 0.935 bits per heavy atom. The first-order chi connectivity index (χ1) is 14.8. The number of carboxylic acids is 3. The smallest absolute Gasteiger partial charge is 0.303 e. The fourth-order valence-corrected chi connectivity index (χ4v) is 3.94. The first-order valence-electron chi connectivity index (χ1n) is 12.0. The van der Waals surface area contributed by atoms with Crippen LogP contribution in [0, 0.1) is 0 Å². The second-order valence-corrected chi connectivity index (χ2v) is 8.54. The second kappa shape index (κ2) is 18.8. The summed E-state index contributed by atoms with van der Waals surface area (Å²) in [7, 11) is 0. The molecule has 0 fully saturated rings. The standard InChI is InChI=1S/C24H43NO6/c1-2-3-4-5-6-7-11-18-25(19-12-8-15-22(26)27,20-13-9-16-23(28)29)21-14-10-17-24(30)31/h5-6H,2-4,7-21H2,1H3,(H2-,26,27,28,29,30,31)/p+1/b6-5+. The molecular formula is C24H44NO6+. The molecule has 3 N–H and O–H groups in total. The van der Waals surface area contributed by atoms with Gasteiger partial charge in [0.15, 0.2) is 0 Å². The van der Waals surface area contributed by atoms with Crippen molar-refractivity contribution in [1.29, 1.82) is 0 Å². The third-order valence-corrected chi connectivity index (χ3v) is 5.71. The first kappa shape index (κ1) is 29.1. The number of rotatable bonds is 22. The number of carboxylic acid groups (broad SMARTS) is 3. The maximum absolute atomic E-state index is 10.9. The van der Waals surface area contributed by atoms with Gasteiger partial charge in [-0.1, -0.05) is 31.9 Å². The normalized spacial score (nSPS) is 11.8. The van der Waals surface area contributed by atoms with Gasteiger partial charge in [-0.15, -0.1) is 0 Å². The minimum Gasteiger partial charge on any atom is -0.481 e. The first-order valence-corrected chi connectivity index (χ1v) is 12.0. The van der Waals surface area contributed by atoms with E-state index in [1.54, 1.807) is 0 Å². The maximum atomic E-state index is 10.9. The largest absolute Gasteiger partial charge is 0.481 e. The van der Waals surface area contributed by atoms with Crippen molar-refractivity contribution in [3.8, 4) is 0 Å². The topological polar surface area (TPSA) is 112 Å². The highest BCUT2D eigenvalue weighted by atomic mass is 16.4. The van der Waals surface area contributed by atoms with Crippen LogP contribution in [0.25, 0.3) is 0 Å². The summed E-state index contributed by atoms with van der Waals surface area (Å²) in [6.45, 7) is 5.75. The highest BCUT2D eigenvalue weighted by Gasteiger charge is 2.26. The van der Waals surface area contributed by atoms with Crippen LogP contribution in [0.1, 0.15) is 96.8 Å². The molecule has 0 aliphatic heterocycles. The number of allylic oxidation sites excluding steroid dienone is 2. The summed E-state index contributed by atoms with van der Waals surface area (Å²) < 4.78 is 0.835. The molecule has 0 atom stereocenters. The van der Waals surface area contributed by atoms with Gasteiger partial charge >= 0.3 is 17.9 Å². The zero-order chi connectivity index (χ0) is 23.4. The number of unbranched alkanes of at least 4 members (excludes halogenated alkanes) is 6. The Morgan fingerprint density at radius 3 is 1.29 bits per heavy atom. The third-order valence-electron chi connectivity index (χ3n) is 5.71.